The smallest absolute Gasteiger partial charge is 0.411 e. The second-order valence-electron chi connectivity index (χ2n) is 9.13. The fraction of sp³-hybridized carbons (Fsp3) is 0.267. The second-order valence-corrected chi connectivity index (χ2v) is 9.13. The highest BCUT2D eigenvalue weighted by Gasteiger charge is 2.34. The number of amides is 3. The number of nitrogens with two attached hydrogens (primary N) is 3. The van der Waals surface area contributed by atoms with Gasteiger partial charge in [-0.25, -0.2) is 4.79 Å². The summed E-state index contributed by atoms with van der Waals surface area (Å²) in [6.45, 7) is 2.38. The molecule has 0 saturated heterocycles. The molecule has 0 heterocycles. The zero-order valence-electron chi connectivity index (χ0n) is 22.5. The fourth-order valence-corrected chi connectivity index (χ4v) is 4.40. The third-order valence-electron chi connectivity index (χ3n) is 6.26. The first-order valence-corrected chi connectivity index (χ1v) is 13.1. The van der Waals surface area contributed by atoms with Crippen molar-refractivity contribution < 1.29 is 19.1 Å². The topological polar surface area (TPSA) is 166 Å². The van der Waals surface area contributed by atoms with Crippen molar-refractivity contribution in [1.82, 2.24) is 4.90 Å². The second kappa shape index (κ2) is 14.9. The van der Waals surface area contributed by atoms with E-state index in [4.69, 9.17) is 21.9 Å². The number of ether oxygens (including phenoxy) is 1. The summed E-state index contributed by atoms with van der Waals surface area (Å²) in [6, 6.07) is 24.9. The summed E-state index contributed by atoms with van der Waals surface area (Å²) in [7, 11) is 0. The number of hydrogen-bond acceptors (Lipinski definition) is 5. The largest absolute Gasteiger partial charge is 0.450 e. The van der Waals surface area contributed by atoms with Crippen LogP contribution in [0.4, 0.5) is 10.5 Å². The highest BCUT2D eigenvalue weighted by molar-refractivity contribution is 5.92. The maximum atomic E-state index is 14.4. The highest BCUT2D eigenvalue weighted by Crippen LogP contribution is 2.29. The quantitative estimate of drug-likeness (QED) is 0.146. The molecule has 10 nitrogen and oxygen atoms in total. The van der Waals surface area contributed by atoms with Gasteiger partial charge in [0.2, 0.25) is 11.8 Å². The molecule has 0 bridgehead atoms. The molecule has 7 N–H and O–H groups in total. The van der Waals surface area contributed by atoms with Crippen LogP contribution in [0.1, 0.15) is 42.4 Å². The molecule has 3 rings (SSSR count). The van der Waals surface area contributed by atoms with E-state index in [1.54, 1.807) is 31.2 Å². The predicted octanol–water partition coefficient (Wildman–Crippen LogP) is 3.32. The molecule has 0 aliphatic rings. The summed E-state index contributed by atoms with van der Waals surface area (Å²) >= 11 is 0. The van der Waals surface area contributed by atoms with Crippen LogP contribution in [0.5, 0.6) is 0 Å². The zero-order chi connectivity index (χ0) is 28.9. The SMILES string of the molecule is CCOC(=O)Nc1ccc(CN(C(=O)C(c2ccccc2)c2ccccc2)[C@H](CCCN=C(N)N)C(N)=O)cc1. The number of anilines is 1. The molecule has 0 fully saturated rings. The van der Waals surface area contributed by atoms with Gasteiger partial charge in [0.05, 0.1) is 12.5 Å². The van der Waals surface area contributed by atoms with Crippen LogP contribution in [-0.4, -0.2) is 48.0 Å². The molecule has 0 spiro atoms. The summed E-state index contributed by atoms with van der Waals surface area (Å²) < 4.78 is 4.92. The van der Waals surface area contributed by atoms with Crippen molar-refractivity contribution >= 4 is 29.6 Å². The Bertz CT molecular complexity index is 1240. The maximum absolute atomic E-state index is 14.4. The molecule has 0 unspecified atom stereocenters. The molecule has 0 saturated carbocycles. The van der Waals surface area contributed by atoms with Crippen molar-refractivity contribution in [1.29, 1.82) is 0 Å². The molecule has 0 aromatic heterocycles. The van der Waals surface area contributed by atoms with Crippen LogP contribution in [-0.2, 0) is 20.9 Å². The van der Waals surface area contributed by atoms with Gasteiger partial charge >= 0.3 is 6.09 Å². The molecule has 3 aromatic rings. The molecular formula is C30H36N6O4. The number of benzene rings is 3. The Balaban J connectivity index is 1.98. The average Bonchev–Trinajstić information content (AvgIpc) is 2.94. The van der Waals surface area contributed by atoms with Gasteiger partial charge < -0.3 is 26.8 Å². The van der Waals surface area contributed by atoms with Gasteiger partial charge in [0.15, 0.2) is 5.96 Å². The third kappa shape index (κ3) is 8.59. The van der Waals surface area contributed by atoms with Gasteiger partial charge in [0.1, 0.15) is 6.04 Å². The molecule has 1 atom stereocenters. The number of aliphatic imine (C=N–C) groups is 1. The Morgan fingerprint density at radius 2 is 1.45 bits per heavy atom. The lowest BCUT2D eigenvalue weighted by atomic mass is 9.89. The summed E-state index contributed by atoms with van der Waals surface area (Å²) in [6.07, 6.45) is 0.158. The van der Waals surface area contributed by atoms with Gasteiger partial charge in [-0.1, -0.05) is 72.8 Å². The minimum absolute atomic E-state index is 0.0479. The molecule has 3 aromatic carbocycles. The normalized spacial score (nSPS) is 11.3. The van der Waals surface area contributed by atoms with Gasteiger partial charge in [-0.05, 0) is 48.6 Å². The van der Waals surface area contributed by atoms with Crippen LogP contribution in [0, 0.1) is 0 Å². The Hall–Kier alpha value is -4.86. The molecule has 3 amide bonds. The number of guanidine groups is 1. The first-order chi connectivity index (χ1) is 19.3. The Labute approximate surface area is 234 Å². The van der Waals surface area contributed by atoms with E-state index < -0.39 is 24.0 Å². The fourth-order valence-electron chi connectivity index (χ4n) is 4.40. The van der Waals surface area contributed by atoms with Gasteiger partial charge in [0, 0.05) is 18.8 Å². The van der Waals surface area contributed by atoms with Gasteiger partial charge in [0.25, 0.3) is 0 Å². The van der Waals surface area contributed by atoms with Gasteiger partial charge in [-0.3, -0.25) is 19.9 Å². The van der Waals surface area contributed by atoms with E-state index in [2.05, 4.69) is 10.3 Å². The average molecular weight is 545 g/mol. The van der Waals surface area contributed by atoms with Crippen LogP contribution < -0.4 is 22.5 Å². The van der Waals surface area contributed by atoms with Gasteiger partial charge in [-0.2, -0.15) is 0 Å². The molecule has 0 aliphatic heterocycles. The van der Waals surface area contributed by atoms with Crippen molar-refractivity contribution in [3.63, 3.8) is 0 Å². The molecular weight excluding hydrogens is 508 g/mol. The minimum atomic E-state index is -0.908. The van der Waals surface area contributed by atoms with Crippen molar-refractivity contribution in [3.05, 3.63) is 102 Å². The number of rotatable bonds is 13. The Kier molecular flexibility index (Phi) is 11.1. The maximum Gasteiger partial charge on any atom is 0.411 e. The lowest BCUT2D eigenvalue weighted by Gasteiger charge is -2.33. The van der Waals surface area contributed by atoms with Crippen molar-refractivity contribution in [3.8, 4) is 0 Å². The number of hydrogen-bond donors (Lipinski definition) is 4. The monoisotopic (exact) mass is 544 g/mol. The van der Waals surface area contributed by atoms with Crippen LogP contribution in [0.2, 0.25) is 0 Å². The number of nitrogens with one attached hydrogen (secondary N) is 1. The van der Waals surface area contributed by atoms with E-state index >= 15 is 0 Å². The Morgan fingerprint density at radius 3 is 1.95 bits per heavy atom. The predicted molar refractivity (Wildman–Crippen MR) is 155 cm³/mol. The van der Waals surface area contributed by atoms with Crippen molar-refractivity contribution in [2.45, 2.75) is 38.3 Å². The standard InChI is InChI=1S/C30H36N6O4/c1-2-40-30(39)35-24-17-15-21(16-18-24)20-36(25(27(31)37)14-9-19-34-29(32)33)28(38)26(22-10-5-3-6-11-22)23-12-7-4-8-13-23/h3-8,10-13,15-18,25-26H,2,9,14,19-20H2,1H3,(H2,31,37)(H,35,39)(H4,32,33,34)/t25-/m1/s1. The summed E-state index contributed by atoms with van der Waals surface area (Å²) in [5, 5.41) is 2.64. The highest BCUT2D eigenvalue weighted by atomic mass is 16.5. The lowest BCUT2D eigenvalue weighted by molar-refractivity contribution is -0.140. The summed E-state index contributed by atoms with van der Waals surface area (Å²) in [4.78, 5) is 44.5. The Morgan fingerprint density at radius 1 is 0.875 bits per heavy atom. The summed E-state index contributed by atoms with van der Waals surface area (Å²) in [5.74, 6) is -1.60. The van der Waals surface area contributed by atoms with E-state index in [1.807, 2.05) is 60.7 Å². The van der Waals surface area contributed by atoms with Crippen molar-refractivity contribution in [2.75, 3.05) is 18.5 Å². The van der Waals surface area contributed by atoms with E-state index in [0.29, 0.717) is 18.7 Å². The molecule has 0 radical (unpaired) electrons. The molecule has 40 heavy (non-hydrogen) atoms. The van der Waals surface area contributed by atoms with Crippen LogP contribution in [0.25, 0.3) is 0 Å². The van der Waals surface area contributed by atoms with Crippen LogP contribution in [0.3, 0.4) is 0 Å². The number of carbonyl (C=O) groups is 3. The van der Waals surface area contributed by atoms with Crippen molar-refractivity contribution in [2.24, 2.45) is 22.2 Å². The van der Waals surface area contributed by atoms with Gasteiger partial charge in [-0.15, -0.1) is 0 Å². The summed E-state index contributed by atoms with van der Waals surface area (Å²) in [5.41, 5.74) is 19.6. The van der Waals surface area contributed by atoms with Crippen LogP contribution in [0.15, 0.2) is 89.9 Å². The number of carbonyl (C=O) groups excluding carboxylic acids is 3. The third-order valence-corrected chi connectivity index (χ3v) is 6.26. The number of nitrogens with zero attached hydrogens (tertiary/aromatic N) is 2. The van der Waals surface area contributed by atoms with E-state index in [-0.39, 0.29) is 31.4 Å². The van der Waals surface area contributed by atoms with E-state index in [0.717, 1.165) is 16.7 Å². The molecule has 210 valence electrons. The molecule has 0 aliphatic carbocycles. The zero-order valence-corrected chi connectivity index (χ0v) is 22.5. The number of primary amides is 1. The van der Waals surface area contributed by atoms with Crippen LogP contribution >= 0.6 is 0 Å². The minimum Gasteiger partial charge on any atom is -0.450 e. The molecule has 10 heteroatoms. The van der Waals surface area contributed by atoms with E-state index in [9.17, 15) is 14.4 Å². The lowest BCUT2D eigenvalue weighted by Crippen LogP contribution is -2.49. The van der Waals surface area contributed by atoms with E-state index in [1.165, 1.54) is 4.90 Å². The first kappa shape index (κ1) is 29.7. The first-order valence-electron chi connectivity index (χ1n) is 13.1.